The number of anilines is 1. The fourth-order valence-electron chi connectivity index (χ4n) is 3.66. The van der Waals surface area contributed by atoms with Crippen molar-refractivity contribution in [3.8, 4) is 0 Å². The lowest BCUT2D eigenvalue weighted by Crippen LogP contribution is -2.53. The van der Waals surface area contributed by atoms with Gasteiger partial charge in [-0.05, 0) is 37.5 Å². The third-order valence-corrected chi connectivity index (χ3v) is 5.38. The molecule has 2 heterocycles. The lowest BCUT2D eigenvalue weighted by molar-refractivity contribution is -0.128. The van der Waals surface area contributed by atoms with Gasteiger partial charge in [-0.3, -0.25) is 19.2 Å². The van der Waals surface area contributed by atoms with Gasteiger partial charge in [-0.25, -0.2) is 0 Å². The molecule has 0 radical (unpaired) electrons. The molecule has 28 heavy (non-hydrogen) atoms. The molecule has 0 unspecified atom stereocenters. The Morgan fingerprint density at radius 2 is 1.96 bits per heavy atom. The number of aromatic nitrogens is 2. The lowest BCUT2D eigenvalue weighted by Gasteiger charge is -2.32. The van der Waals surface area contributed by atoms with Crippen LogP contribution in [-0.2, 0) is 31.2 Å². The molecule has 2 amide bonds. The molecular formula is C21H29N5O2. The van der Waals surface area contributed by atoms with Gasteiger partial charge >= 0.3 is 0 Å². The predicted octanol–water partition coefficient (Wildman–Crippen LogP) is 2.12. The summed E-state index contributed by atoms with van der Waals surface area (Å²) in [6, 6.07) is 7.44. The molecule has 1 aromatic heterocycles. The molecule has 0 saturated carbocycles. The second kappa shape index (κ2) is 8.56. The first-order chi connectivity index (χ1) is 13.4. The van der Waals surface area contributed by atoms with E-state index in [1.165, 1.54) is 0 Å². The summed E-state index contributed by atoms with van der Waals surface area (Å²) in [4.78, 5) is 26.7. The van der Waals surface area contributed by atoms with Crippen molar-refractivity contribution >= 4 is 17.6 Å². The van der Waals surface area contributed by atoms with Crippen LogP contribution in [0.25, 0.3) is 0 Å². The fourth-order valence-corrected chi connectivity index (χ4v) is 3.66. The fraction of sp³-hybridized carbons (Fsp3) is 0.476. The maximum Gasteiger partial charge on any atom is 0.256 e. The number of nitrogens with one attached hydrogen (secondary N) is 2. The van der Waals surface area contributed by atoms with E-state index in [9.17, 15) is 9.59 Å². The van der Waals surface area contributed by atoms with E-state index in [0.717, 1.165) is 42.0 Å². The molecule has 1 fully saturated rings. The first-order valence-corrected chi connectivity index (χ1v) is 9.91. The summed E-state index contributed by atoms with van der Waals surface area (Å²) in [6.07, 6.45) is 1.67. The molecule has 1 aromatic carbocycles. The molecular weight excluding hydrogens is 354 g/mol. The second-order valence-electron chi connectivity index (χ2n) is 7.19. The minimum atomic E-state index is -0.141. The van der Waals surface area contributed by atoms with Crippen LogP contribution in [0.2, 0.25) is 0 Å². The van der Waals surface area contributed by atoms with Crippen molar-refractivity contribution in [2.45, 2.75) is 46.2 Å². The van der Waals surface area contributed by atoms with Crippen molar-refractivity contribution in [1.82, 2.24) is 20.0 Å². The van der Waals surface area contributed by atoms with E-state index in [1.807, 2.05) is 38.2 Å². The zero-order valence-corrected chi connectivity index (χ0v) is 17.1. The standard InChI is InChI=1S/C21H29N5O2/c1-5-17-18(6-2)24-25(4)19(17)23-21(28)16-9-7-15(8-10-16)13-26-12-11-22-20(27)14(26)3/h7-10,14H,5-6,11-13H2,1-4H3,(H,22,27)(H,23,28)/t14-/m0/s1. The van der Waals surface area contributed by atoms with Gasteiger partial charge in [-0.15, -0.1) is 0 Å². The maximum atomic E-state index is 12.7. The molecule has 1 atom stereocenters. The summed E-state index contributed by atoms with van der Waals surface area (Å²) in [5.74, 6) is 0.691. The number of amides is 2. The monoisotopic (exact) mass is 383 g/mol. The van der Waals surface area contributed by atoms with Gasteiger partial charge < -0.3 is 10.6 Å². The van der Waals surface area contributed by atoms with E-state index in [4.69, 9.17) is 0 Å². The Morgan fingerprint density at radius 1 is 1.25 bits per heavy atom. The first-order valence-electron chi connectivity index (χ1n) is 9.91. The van der Waals surface area contributed by atoms with Crippen molar-refractivity contribution in [2.24, 2.45) is 7.05 Å². The number of benzene rings is 1. The smallest absolute Gasteiger partial charge is 0.256 e. The second-order valence-corrected chi connectivity index (χ2v) is 7.19. The number of carbonyl (C=O) groups excluding carboxylic acids is 2. The van der Waals surface area contributed by atoms with E-state index in [2.05, 4.69) is 34.5 Å². The third-order valence-electron chi connectivity index (χ3n) is 5.38. The van der Waals surface area contributed by atoms with Crippen molar-refractivity contribution in [3.05, 3.63) is 46.6 Å². The number of rotatable bonds is 6. The molecule has 1 aliphatic heterocycles. The van der Waals surface area contributed by atoms with E-state index in [-0.39, 0.29) is 17.9 Å². The van der Waals surface area contributed by atoms with Crippen molar-refractivity contribution < 1.29 is 9.59 Å². The number of aryl methyl sites for hydroxylation is 2. The molecule has 150 valence electrons. The van der Waals surface area contributed by atoms with Crippen LogP contribution in [-0.4, -0.2) is 45.6 Å². The van der Waals surface area contributed by atoms with Gasteiger partial charge in [0.25, 0.3) is 5.91 Å². The van der Waals surface area contributed by atoms with Gasteiger partial charge in [-0.1, -0.05) is 26.0 Å². The van der Waals surface area contributed by atoms with Gasteiger partial charge in [0, 0.05) is 37.8 Å². The quantitative estimate of drug-likeness (QED) is 0.801. The molecule has 0 spiro atoms. The number of carbonyl (C=O) groups is 2. The van der Waals surface area contributed by atoms with Gasteiger partial charge in [0.15, 0.2) is 0 Å². The molecule has 1 saturated heterocycles. The first kappa shape index (κ1) is 20.1. The van der Waals surface area contributed by atoms with Crippen LogP contribution in [0.15, 0.2) is 24.3 Å². The van der Waals surface area contributed by atoms with Gasteiger partial charge in [-0.2, -0.15) is 5.10 Å². The zero-order chi connectivity index (χ0) is 20.3. The minimum Gasteiger partial charge on any atom is -0.353 e. The van der Waals surface area contributed by atoms with Crippen LogP contribution >= 0.6 is 0 Å². The van der Waals surface area contributed by atoms with Crippen molar-refractivity contribution in [1.29, 1.82) is 0 Å². The molecule has 0 bridgehead atoms. The highest BCUT2D eigenvalue weighted by atomic mass is 16.2. The Labute approximate surface area is 166 Å². The van der Waals surface area contributed by atoms with Crippen LogP contribution in [0.3, 0.4) is 0 Å². The third kappa shape index (κ3) is 4.09. The van der Waals surface area contributed by atoms with Crippen LogP contribution < -0.4 is 10.6 Å². The Hall–Kier alpha value is -2.67. The lowest BCUT2D eigenvalue weighted by atomic mass is 10.1. The van der Waals surface area contributed by atoms with Gasteiger partial charge in [0.1, 0.15) is 5.82 Å². The molecule has 2 aromatic rings. The SMILES string of the molecule is CCc1nn(C)c(NC(=O)c2ccc(CN3CCNC(=O)[C@@H]3C)cc2)c1CC. The highest BCUT2D eigenvalue weighted by Gasteiger charge is 2.25. The molecule has 2 N–H and O–H groups in total. The van der Waals surface area contributed by atoms with Gasteiger partial charge in [0.05, 0.1) is 11.7 Å². The topological polar surface area (TPSA) is 79.3 Å². The number of hydrogen-bond donors (Lipinski definition) is 2. The van der Waals surface area contributed by atoms with E-state index >= 15 is 0 Å². The molecule has 1 aliphatic rings. The summed E-state index contributed by atoms with van der Waals surface area (Å²) in [5.41, 5.74) is 3.80. The van der Waals surface area contributed by atoms with Crippen LogP contribution in [0.1, 0.15) is 48.0 Å². The van der Waals surface area contributed by atoms with Crippen LogP contribution in [0.4, 0.5) is 5.82 Å². The van der Waals surface area contributed by atoms with Crippen LogP contribution in [0, 0.1) is 0 Å². The van der Waals surface area contributed by atoms with Gasteiger partial charge in [0.2, 0.25) is 5.91 Å². The number of hydrogen-bond acceptors (Lipinski definition) is 4. The maximum absolute atomic E-state index is 12.7. The number of piperazine rings is 1. The van der Waals surface area contributed by atoms with E-state index in [1.54, 1.807) is 4.68 Å². The molecule has 7 nitrogen and oxygen atoms in total. The van der Waals surface area contributed by atoms with Crippen LogP contribution in [0.5, 0.6) is 0 Å². The number of nitrogens with zero attached hydrogens (tertiary/aromatic N) is 3. The Bertz CT molecular complexity index is 856. The Balaban J connectivity index is 1.69. The highest BCUT2D eigenvalue weighted by molar-refractivity contribution is 6.04. The summed E-state index contributed by atoms with van der Waals surface area (Å²) >= 11 is 0. The highest BCUT2D eigenvalue weighted by Crippen LogP contribution is 2.21. The average Bonchev–Trinajstić information content (AvgIpc) is 3.00. The van der Waals surface area contributed by atoms with Crippen molar-refractivity contribution in [3.63, 3.8) is 0 Å². The van der Waals surface area contributed by atoms with E-state index < -0.39 is 0 Å². The average molecular weight is 383 g/mol. The van der Waals surface area contributed by atoms with E-state index in [0.29, 0.717) is 18.7 Å². The largest absolute Gasteiger partial charge is 0.353 e. The molecule has 3 rings (SSSR count). The van der Waals surface area contributed by atoms with Crippen molar-refractivity contribution in [2.75, 3.05) is 18.4 Å². The Kier molecular flexibility index (Phi) is 6.14. The minimum absolute atomic E-state index is 0.0663. The summed E-state index contributed by atoms with van der Waals surface area (Å²) in [7, 11) is 1.85. The molecule has 0 aliphatic carbocycles. The Morgan fingerprint density at radius 3 is 2.61 bits per heavy atom. The summed E-state index contributed by atoms with van der Waals surface area (Å²) in [6.45, 7) is 8.25. The summed E-state index contributed by atoms with van der Waals surface area (Å²) < 4.78 is 1.74. The molecule has 7 heteroatoms. The summed E-state index contributed by atoms with van der Waals surface area (Å²) in [5, 5.41) is 10.4. The zero-order valence-electron chi connectivity index (χ0n) is 17.1. The normalized spacial score (nSPS) is 17.4. The predicted molar refractivity (Wildman–Crippen MR) is 109 cm³/mol.